The zero-order valence-corrected chi connectivity index (χ0v) is 7.85. The molecule has 1 aromatic carbocycles. The quantitative estimate of drug-likeness (QED) is 0.693. The van der Waals surface area contributed by atoms with E-state index in [0.717, 1.165) is 4.68 Å². The van der Waals surface area contributed by atoms with Crippen molar-refractivity contribution in [2.75, 3.05) is 5.84 Å². The molecule has 1 heterocycles. The van der Waals surface area contributed by atoms with Crippen LogP contribution in [0.1, 0.15) is 0 Å². The minimum absolute atomic E-state index is 0.396. The lowest BCUT2D eigenvalue weighted by atomic mass is 10.3. The van der Waals surface area contributed by atoms with Crippen molar-refractivity contribution >= 4 is 11.6 Å². The van der Waals surface area contributed by atoms with Crippen LogP contribution in [0, 0.1) is 0 Å². The van der Waals surface area contributed by atoms with E-state index in [-0.39, 0.29) is 0 Å². The van der Waals surface area contributed by atoms with Gasteiger partial charge in [-0.3, -0.25) is 0 Å². The van der Waals surface area contributed by atoms with Gasteiger partial charge in [0.05, 0.1) is 5.69 Å². The summed E-state index contributed by atoms with van der Waals surface area (Å²) in [5, 5.41) is 4.42. The highest BCUT2D eigenvalue weighted by atomic mass is 35.5. The van der Waals surface area contributed by atoms with Gasteiger partial charge in [0.15, 0.2) is 0 Å². The molecule has 0 radical (unpaired) electrons. The number of aromatic nitrogens is 3. The Morgan fingerprint density at radius 1 is 1.29 bits per heavy atom. The Kier molecular flexibility index (Phi) is 2.01. The van der Waals surface area contributed by atoms with Crippen molar-refractivity contribution in [1.29, 1.82) is 0 Å². The van der Waals surface area contributed by atoms with E-state index in [1.807, 2.05) is 0 Å². The Hall–Kier alpha value is -1.75. The van der Waals surface area contributed by atoms with Crippen LogP contribution in [0.15, 0.2) is 35.4 Å². The maximum atomic E-state index is 11.4. The molecule has 2 aromatic rings. The molecule has 0 bridgehead atoms. The van der Waals surface area contributed by atoms with Crippen molar-refractivity contribution in [3.05, 3.63) is 46.1 Å². The van der Waals surface area contributed by atoms with Gasteiger partial charge in [-0.25, -0.2) is 4.79 Å². The standard InChI is InChI=1S/C8H7ClN4O/c9-6-1-3-7(4-2-6)13-8(14)12(10)5-11-13/h1-5H,10H2. The number of rotatable bonds is 1. The summed E-state index contributed by atoms with van der Waals surface area (Å²) >= 11 is 5.71. The second-order valence-corrected chi connectivity index (χ2v) is 3.15. The lowest BCUT2D eigenvalue weighted by Crippen LogP contribution is -2.28. The molecule has 0 atom stereocenters. The number of nitrogen functional groups attached to an aromatic ring is 1. The fraction of sp³-hybridized carbons (Fsp3) is 0. The molecule has 0 aliphatic carbocycles. The first-order chi connectivity index (χ1) is 6.68. The molecule has 14 heavy (non-hydrogen) atoms. The van der Waals surface area contributed by atoms with Gasteiger partial charge >= 0.3 is 5.69 Å². The lowest BCUT2D eigenvalue weighted by Gasteiger charge is -1.97. The van der Waals surface area contributed by atoms with Gasteiger partial charge in [0.2, 0.25) is 0 Å². The molecule has 1 aromatic heterocycles. The van der Waals surface area contributed by atoms with Crippen LogP contribution < -0.4 is 11.5 Å². The van der Waals surface area contributed by atoms with Crippen LogP contribution in [0.4, 0.5) is 0 Å². The molecule has 6 heteroatoms. The summed E-state index contributed by atoms with van der Waals surface area (Å²) in [6.45, 7) is 0. The predicted molar refractivity (Wildman–Crippen MR) is 53.0 cm³/mol. The molecule has 5 nitrogen and oxygen atoms in total. The minimum Gasteiger partial charge on any atom is -0.334 e. The van der Waals surface area contributed by atoms with Gasteiger partial charge in [0.25, 0.3) is 0 Å². The average Bonchev–Trinajstić information content (AvgIpc) is 2.50. The maximum Gasteiger partial charge on any atom is 0.369 e. The molecular weight excluding hydrogens is 204 g/mol. The number of hydrogen-bond acceptors (Lipinski definition) is 3. The summed E-state index contributed by atoms with van der Waals surface area (Å²) in [4.78, 5) is 11.4. The van der Waals surface area contributed by atoms with E-state index in [0.29, 0.717) is 10.7 Å². The van der Waals surface area contributed by atoms with Crippen LogP contribution in [0.25, 0.3) is 5.69 Å². The number of halogens is 1. The second-order valence-electron chi connectivity index (χ2n) is 2.71. The smallest absolute Gasteiger partial charge is 0.334 e. The Labute approximate surface area is 84.3 Å². The summed E-state index contributed by atoms with van der Waals surface area (Å²) < 4.78 is 2.10. The van der Waals surface area contributed by atoms with E-state index in [9.17, 15) is 4.79 Å². The molecule has 0 amide bonds. The molecule has 72 valence electrons. The molecule has 2 N–H and O–H groups in total. The first-order valence-electron chi connectivity index (χ1n) is 3.86. The molecule has 0 fully saturated rings. The van der Waals surface area contributed by atoms with Gasteiger partial charge in [0.1, 0.15) is 6.33 Å². The van der Waals surface area contributed by atoms with E-state index in [2.05, 4.69) is 5.10 Å². The Morgan fingerprint density at radius 3 is 2.43 bits per heavy atom. The van der Waals surface area contributed by atoms with Crippen molar-refractivity contribution < 1.29 is 0 Å². The van der Waals surface area contributed by atoms with Gasteiger partial charge in [-0.05, 0) is 24.3 Å². The zero-order chi connectivity index (χ0) is 10.1. The van der Waals surface area contributed by atoms with Gasteiger partial charge in [0, 0.05) is 5.02 Å². The molecule has 0 spiro atoms. The first kappa shape index (κ1) is 8.83. The molecule has 2 rings (SSSR count). The molecule has 0 unspecified atom stereocenters. The third kappa shape index (κ3) is 1.38. The first-order valence-corrected chi connectivity index (χ1v) is 4.24. The molecule has 0 aliphatic rings. The fourth-order valence-electron chi connectivity index (χ4n) is 1.07. The van der Waals surface area contributed by atoms with Crippen molar-refractivity contribution in [1.82, 2.24) is 14.5 Å². The summed E-state index contributed by atoms with van der Waals surface area (Å²) in [6, 6.07) is 6.74. The number of hydrogen-bond donors (Lipinski definition) is 1. The van der Waals surface area contributed by atoms with Gasteiger partial charge in [-0.2, -0.15) is 14.5 Å². The summed E-state index contributed by atoms with van der Waals surface area (Å²) in [7, 11) is 0. The molecule has 0 saturated carbocycles. The Bertz CT molecular complexity index is 499. The largest absolute Gasteiger partial charge is 0.369 e. The predicted octanol–water partition coefficient (Wildman–Crippen LogP) is 0.401. The third-order valence-corrected chi connectivity index (χ3v) is 2.02. The minimum atomic E-state index is -0.396. The average molecular weight is 211 g/mol. The SMILES string of the molecule is Nn1cnn(-c2ccc(Cl)cc2)c1=O. The van der Waals surface area contributed by atoms with Gasteiger partial charge in [-0.1, -0.05) is 11.6 Å². The normalized spacial score (nSPS) is 10.4. The van der Waals surface area contributed by atoms with Crippen molar-refractivity contribution in [3.8, 4) is 5.69 Å². The summed E-state index contributed by atoms with van der Waals surface area (Å²) in [5.74, 6) is 5.30. The number of nitrogens with two attached hydrogens (primary N) is 1. The van der Waals surface area contributed by atoms with E-state index >= 15 is 0 Å². The Morgan fingerprint density at radius 2 is 1.93 bits per heavy atom. The summed E-state index contributed by atoms with van der Waals surface area (Å²) in [5.41, 5.74) is 0.232. The number of nitrogens with zero attached hydrogens (tertiary/aromatic N) is 3. The van der Waals surface area contributed by atoms with Gasteiger partial charge < -0.3 is 5.84 Å². The van der Waals surface area contributed by atoms with Crippen LogP contribution in [0.2, 0.25) is 5.02 Å². The van der Waals surface area contributed by atoms with Crippen LogP contribution in [-0.2, 0) is 0 Å². The van der Waals surface area contributed by atoms with E-state index in [4.69, 9.17) is 17.4 Å². The second kappa shape index (κ2) is 3.19. The lowest BCUT2D eigenvalue weighted by molar-refractivity contribution is 0.821. The monoisotopic (exact) mass is 210 g/mol. The van der Waals surface area contributed by atoms with Crippen LogP contribution >= 0.6 is 11.6 Å². The zero-order valence-electron chi connectivity index (χ0n) is 7.09. The molecule has 0 aliphatic heterocycles. The highest BCUT2D eigenvalue weighted by molar-refractivity contribution is 6.30. The van der Waals surface area contributed by atoms with Crippen LogP contribution in [0.3, 0.4) is 0 Å². The highest BCUT2D eigenvalue weighted by Gasteiger charge is 2.03. The van der Waals surface area contributed by atoms with Crippen molar-refractivity contribution in [3.63, 3.8) is 0 Å². The van der Waals surface area contributed by atoms with E-state index in [1.165, 1.54) is 11.0 Å². The van der Waals surface area contributed by atoms with Crippen LogP contribution in [0.5, 0.6) is 0 Å². The van der Waals surface area contributed by atoms with E-state index in [1.54, 1.807) is 24.3 Å². The number of benzene rings is 1. The molecule has 0 saturated heterocycles. The Balaban J connectivity index is 2.55. The molecular formula is C8H7ClN4O. The van der Waals surface area contributed by atoms with Crippen molar-refractivity contribution in [2.24, 2.45) is 0 Å². The maximum absolute atomic E-state index is 11.4. The van der Waals surface area contributed by atoms with Crippen molar-refractivity contribution in [2.45, 2.75) is 0 Å². The fourth-order valence-corrected chi connectivity index (χ4v) is 1.20. The van der Waals surface area contributed by atoms with Crippen LogP contribution in [-0.4, -0.2) is 14.5 Å². The highest BCUT2D eigenvalue weighted by Crippen LogP contribution is 2.10. The van der Waals surface area contributed by atoms with E-state index < -0.39 is 5.69 Å². The summed E-state index contributed by atoms with van der Waals surface area (Å²) in [6.07, 6.45) is 1.25. The third-order valence-electron chi connectivity index (χ3n) is 1.76. The topological polar surface area (TPSA) is 65.8 Å². The van der Waals surface area contributed by atoms with Gasteiger partial charge in [-0.15, -0.1) is 0 Å².